The number of carboxylic acids is 1. The summed E-state index contributed by atoms with van der Waals surface area (Å²) in [6.07, 6.45) is 0.846. The second-order valence-corrected chi connectivity index (χ2v) is 7.05. The lowest BCUT2D eigenvalue weighted by molar-refractivity contribution is -0.163. The van der Waals surface area contributed by atoms with Gasteiger partial charge in [0.05, 0.1) is 18.1 Å². The fourth-order valence-corrected chi connectivity index (χ4v) is 4.26. The third-order valence-corrected chi connectivity index (χ3v) is 5.41. The van der Waals surface area contributed by atoms with Gasteiger partial charge in [-0.1, -0.05) is 37.0 Å². The van der Waals surface area contributed by atoms with Crippen LogP contribution in [-0.2, 0) is 9.59 Å². The Hall–Kier alpha value is -1.38. The Bertz CT molecular complexity index is 573. The summed E-state index contributed by atoms with van der Waals surface area (Å²) in [5, 5.41) is 22.1. The first kappa shape index (κ1) is 17.0. The monoisotopic (exact) mass is 342 g/mol. The number of nitrogens with zero attached hydrogens (tertiary/aromatic N) is 1. The van der Waals surface area contributed by atoms with Gasteiger partial charge in [0.1, 0.15) is 10.0 Å². The first-order valence-corrected chi connectivity index (χ1v) is 8.08. The third kappa shape index (κ3) is 2.66. The van der Waals surface area contributed by atoms with Gasteiger partial charge in [-0.3, -0.25) is 4.79 Å². The number of aliphatic hydroxyl groups excluding tert-OH is 1. The van der Waals surface area contributed by atoms with Crippen molar-refractivity contribution >= 4 is 40.2 Å². The van der Waals surface area contributed by atoms with Gasteiger partial charge in [0, 0.05) is 17.4 Å². The maximum absolute atomic E-state index is 12.1. The maximum Gasteiger partial charge on any atom is 0.353 e. The van der Waals surface area contributed by atoms with Gasteiger partial charge in [-0.25, -0.2) is 4.79 Å². The minimum absolute atomic E-state index is 0.0212. The highest BCUT2D eigenvalue weighted by Gasteiger charge is 2.60. The number of aliphatic hydroxyl groups is 1. The number of β-lactam (4-membered cyclic amide) rings is 1. The standard InChI is InChI=1S/C14H18N2O4S2/c1-4-5-15-14(21)22-11-6(2)9-8(7(3)17)12(18)16(9)10(11)13(19)20/h4,6-9,17H,1,5H2,2-3H3,(H,15,21)(H,19,20). The molecule has 0 aliphatic carbocycles. The number of thioether (sulfide) groups is 1. The van der Waals surface area contributed by atoms with Crippen LogP contribution in [0.3, 0.4) is 0 Å². The molecule has 4 atom stereocenters. The molecule has 0 aromatic heterocycles. The van der Waals surface area contributed by atoms with Crippen molar-refractivity contribution in [2.24, 2.45) is 11.8 Å². The summed E-state index contributed by atoms with van der Waals surface area (Å²) >= 11 is 6.33. The minimum Gasteiger partial charge on any atom is -0.477 e. The summed E-state index contributed by atoms with van der Waals surface area (Å²) in [6, 6.07) is -0.316. The van der Waals surface area contributed by atoms with E-state index >= 15 is 0 Å². The fourth-order valence-electron chi connectivity index (χ4n) is 2.95. The molecule has 0 bridgehead atoms. The van der Waals surface area contributed by atoms with Crippen molar-refractivity contribution in [3.63, 3.8) is 0 Å². The molecular formula is C14H18N2O4S2. The molecule has 2 rings (SSSR count). The molecule has 2 heterocycles. The molecule has 120 valence electrons. The van der Waals surface area contributed by atoms with E-state index in [1.807, 2.05) is 6.92 Å². The summed E-state index contributed by atoms with van der Waals surface area (Å²) < 4.78 is 0.434. The molecule has 0 spiro atoms. The third-order valence-electron chi connectivity index (χ3n) is 3.90. The van der Waals surface area contributed by atoms with E-state index in [1.165, 1.54) is 4.90 Å². The van der Waals surface area contributed by atoms with Gasteiger partial charge < -0.3 is 20.4 Å². The van der Waals surface area contributed by atoms with Crippen molar-refractivity contribution in [2.75, 3.05) is 6.54 Å². The van der Waals surface area contributed by atoms with Gasteiger partial charge in [0.25, 0.3) is 0 Å². The first-order valence-electron chi connectivity index (χ1n) is 6.86. The van der Waals surface area contributed by atoms with Crippen LogP contribution < -0.4 is 5.32 Å². The molecule has 3 N–H and O–H groups in total. The van der Waals surface area contributed by atoms with E-state index in [0.29, 0.717) is 15.8 Å². The maximum atomic E-state index is 12.1. The lowest BCUT2D eigenvalue weighted by Gasteiger charge is -2.46. The number of rotatable bonds is 5. The average molecular weight is 342 g/mol. The van der Waals surface area contributed by atoms with Crippen molar-refractivity contribution < 1.29 is 19.8 Å². The summed E-state index contributed by atoms with van der Waals surface area (Å²) in [4.78, 5) is 25.5. The van der Waals surface area contributed by atoms with Gasteiger partial charge in [-0.2, -0.15) is 0 Å². The van der Waals surface area contributed by atoms with Crippen molar-refractivity contribution in [1.82, 2.24) is 10.2 Å². The Kier molecular flexibility index (Phi) is 4.93. The Labute approximate surface area is 138 Å². The van der Waals surface area contributed by atoms with E-state index in [0.717, 1.165) is 11.8 Å². The van der Waals surface area contributed by atoms with Gasteiger partial charge in [0.15, 0.2) is 0 Å². The number of nitrogens with one attached hydrogen (secondary N) is 1. The Balaban J connectivity index is 2.27. The molecular weight excluding hydrogens is 324 g/mol. The molecule has 0 radical (unpaired) electrons. The van der Waals surface area contributed by atoms with Crippen LogP contribution in [-0.4, -0.2) is 50.0 Å². The largest absolute Gasteiger partial charge is 0.477 e. The zero-order valence-corrected chi connectivity index (χ0v) is 13.9. The smallest absolute Gasteiger partial charge is 0.353 e. The first-order chi connectivity index (χ1) is 10.3. The second kappa shape index (κ2) is 6.39. The molecule has 22 heavy (non-hydrogen) atoms. The van der Waals surface area contributed by atoms with E-state index in [4.69, 9.17) is 12.2 Å². The average Bonchev–Trinajstić information content (AvgIpc) is 2.66. The van der Waals surface area contributed by atoms with Crippen molar-refractivity contribution in [1.29, 1.82) is 0 Å². The van der Waals surface area contributed by atoms with E-state index in [1.54, 1.807) is 13.0 Å². The summed E-state index contributed by atoms with van der Waals surface area (Å²) in [5.74, 6) is -2.24. The molecule has 1 amide bonds. The topological polar surface area (TPSA) is 89.9 Å². The highest BCUT2D eigenvalue weighted by molar-refractivity contribution is 8.25. The van der Waals surface area contributed by atoms with Crippen LogP contribution in [0.2, 0.25) is 0 Å². The van der Waals surface area contributed by atoms with Crippen LogP contribution in [0.1, 0.15) is 13.8 Å². The number of amides is 1. The predicted octanol–water partition coefficient (Wildman–Crippen LogP) is 0.934. The number of fused-ring (bicyclic) bond motifs is 1. The number of aliphatic carboxylic acids is 1. The van der Waals surface area contributed by atoms with Crippen LogP contribution in [0.15, 0.2) is 23.3 Å². The van der Waals surface area contributed by atoms with Crippen molar-refractivity contribution in [3.8, 4) is 0 Å². The molecule has 1 fully saturated rings. The highest BCUT2D eigenvalue weighted by Crippen LogP contribution is 2.50. The minimum atomic E-state index is -1.15. The Morgan fingerprint density at radius 2 is 2.27 bits per heavy atom. The number of hydrogen-bond acceptors (Lipinski definition) is 5. The molecule has 0 saturated carbocycles. The molecule has 4 unspecified atom stereocenters. The summed E-state index contributed by atoms with van der Waals surface area (Å²) in [5.41, 5.74) is -0.0212. The zero-order valence-electron chi connectivity index (χ0n) is 12.3. The molecule has 2 aliphatic rings. The zero-order chi connectivity index (χ0) is 16.6. The number of thiocarbonyl (C=S) groups is 1. The van der Waals surface area contributed by atoms with Crippen molar-refractivity contribution in [2.45, 2.75) is 26.0 Å². The van der Waals surface area contributed by atoms with Gasteiger partial charge >= 0.3 is 5.97 Å². The predicted molar refractivity (Wildman–Crippen MR) is 88.0 cm³/mol. The highest BCUT2D eigenvalue weighted by atomic mass is 32.2. The molecule has 0 aromatic carbocycles. The molecule has 6 nitrogen and oxygen atoms in total. The van der Waals surface area contributed by atoms with Crippen LogP contribution in [0.5, 0.6) is 0 Å². The lowest BCUT2D eigenvalue weighted by Crippen LogP contribution is -2.63. The summed E-state index contributed by atoms with van der Waals surface area (Å²) in [7, 11) is 0. The molecule has 2 aliphatic heterocycles. The SMILES string of the molecule is C=CCNC(=S)SC1=C(C(=O)O)N2C(=O)C(C(C)O)C2C1C. The van der Waals surface area contributed by atoms with E-state index in [-0.39, 0.29) is 23.6 Å². The molecule has 0 aromatic rings. The Morgan fingerprint density at radius 3 is 2.77 bits per heavy atom. The molecule has 8 heteroatoms. The van der Waals surface area contributed by atoms with Crippen LogP contribution in [0.25, 0.3) is 0 Å². The van der Waals surface area contributed by atoms with Gasteiger partial charge in [-0.15, -0.1) is 6.58 Å². The van der Waals surface area contributed by atoms with Crippen LogP contribution in [0.4, 0.5) is 0 Å². The number of carbonyl (C=O) groups excluding carboxylic acids is 1. The number of hydrogen-bond donors (Lipinski definition) is 3. The van der Waals surface area contributed by atoms with Crippen LogP contribution >= 0.6 is 24.0 Å². The van der Waals surface area contributed by atoms with E-state index in [2.05, 4.69) is 11.9 Å². The Morgan fingerprint density at radius 1 is 1.64 bits per heavy atom. The van der Waals surface area contributed by atoms with Gasteiger partial charge in [0.2, 0.25) is 5.91 Å². The quantitative estimate of drug-likeness (QED) is 0.389. The number of carboxylic acid groups (broad SMARTS) is 1. The normalized spacial score (nSPS) is 28.0. The van der Waals surface area contributed by atoms with Crippen molar-refractivity contribution in [3.05, 3.63) is 23.3 Å². The van der Waals surface area contributed by atoms with Crippen LogP contribution in [0, 0.1) is 11.8 Å². The lowest BCUT2D eigenvalue weighted by atomic mass is 9.79. The van der Waals surface area contributed by atoms with E-state index in [9.17, 15) is 19.8 Å². The number of carbonyl (C=O) groups is 2. The molecule has 1 saturated heterocycles. The summed E-state index contributed by atoms with van der Waals surface area (Å²) in [6.45, 7) is 7.47. The fraction of sp³-hybridized carbons (Fsp3) is 0.500. The van der Waals surface area contributed by atoms with Gasteiger partial charge in [-0.05, 0) is 6.92 Å². The second-order valence-electron chi connectivity index (χ2n) is 5.33. The van der Waals surface area contributed by atoms with E-state index < -0.39 is 18.0 Å².